The largest absolute Gasteiger partial charge is 0.370 e. The number of rotatable bonds is 3. The maximum Gasteiger partial charge on any atom is 0.126 e. The van der Waals surface area contributed by atoms with Crippen molar-refractivity contribution in [3.8, 4) is 0 Å². The normalized spacial score (nSPS) is 12.8. The molecule has 0 radical (unpaired) electrons. The molecule has 3 heteroatoms. The highest BCUT2D eigenvalue weighted by Gasteiger charge is 2.19. The summed E-state index contributed by atoms with van der Waals surface area (Å²) < 4.78 is 7.95. The maximum absolute atomic E-state index is 5.77. The number of methoxy groups -OCH3 is 1. The summed E-state index contributed by atoms with van der Waals surface area (Å²) in [4.78, 5) is 4.88. The molecule has 0 saturated heterocycles. The number of aromatic nitrogens is 2. The van der Waals surface area contributed by atoms with E-state index in [1.807, 2.05) is 42.5 Å². The Bertz CT molecular complexity index is 928. The molecule has 0 N–H and O–H groups in total. The highest BCUT2D eigenvalue weighted by molar-refractivity contribution is 5.80. The van der Waals surface area contributed by atoms with Crippen molar-refractivity contribution in [3.63, 3.8) is 0 Å². The fourth-order valence-electron chi connectivity index (χ4n) is 2.98. The number of hydrogen-bond donors (Lipinski definition) is 0. The molecule has 2 heterocycles. The van der Waals surface area contributed by atoms with Crippen LogP contribution < -0.4 is 0 Å². The smallest absolute Gasteiger partial charge is 0.126 e. The third-order valence-corrected chi connectivity index (χ3v) is 3.98. The van der Waals surface area contributed by atoms with E-state index in [4.69, 9.17) is 9.72 Å². The minimum Gasteiger partial charge on any atom is -0.370 e. The molecule has 2 aromatic heterocycles. The fraction of sp³-hybridized carbons (Fsp3) is 0.105. The molecule has 0 spiro atoms. The van der Waals surface area contributed by atoms with Crippen molar-refractivity contribution < 1.29 is 4.74 Å². The van der Waals surface area contributed by atoms with Crippen molar-refractivity contribution >= 4 is 16.6 Å². The summed E-state index contributed by atoms with van der Waals surface area (Å²) in [6, 6.07) is 22.5. The summed E-state index contributed by atoms with van der Waals surface area (Å²) in [7, 11) is 1.73. The predicted molar refractivity (Wildman–Crippen MR) is 88.0 cm³/mol. The first kappa shape index (κ1) is 13.0. The number of hydrogen-bond acceptors (Lipinski definition) is 2. The summed E-state index contributed by atoms with van der Waals surface area (Å²) in [6.45, 7) is 0. The Morgan fingerprint density at radius 2 is 1.59 bits per heavy atom. The molecule has 4 rings (SSSR count). The van der Waals surface area contributed by atoms with Gasteiger partial charge in [-0.05, 0) is 29.8 Å². The number of para-hydroxylation sites is 2. The lowest BCUT2D eigenvalue weighted by atomic mass is 10.1. The molecule has 22 heavy (non-hydrogen) atoms. The summed E-state index contributed by atoms with van der Waals surface area (Å²) >= 11 is 0. The second kappa shape index (κ2) is 5.28. The van der Waals surface area contributed by atoms with Crippen LogP contribution in [0, 0.1) is 0 Å². The van der Waals surface area contributed by atoms with Crippen molar-refractivity contribution in [3.05, 3.63) is 84.2 Å². The lowest BCUT2D eigenvalue weighted by Crippen LogP contribution is -2.08. The molecule has 4 aromatic rings. The number of benzene rings is 2. The average molecular weight is 288 g/mol. The van der Waals surface area contributed by atoms with Crippen molar-refractivity contribution in [2.24, 2.45) is 0 Å². The van der Waals surface area contributed by atoms with Crippen molar-refractivity contribution in [1.29, 1.82) is 0 Å². The highest BCUT2D eigenvalue weighted by Crippen LogP contribution is 2.29. The van der Waals surface area contributed by atoms with E-state index in [-0.39, 0.29) is 6.10 Å². The van der Waals surface area contributed by atoms with E-state index < -0.39 is 0 Å². The van der Waals surface area contributed by atoms with E-state index in [1.54, 1.807) is 7.11 Å². The van der Waals surface area contributed by atoms with Crippen molar-refractivity contribution in [2.45, 2.75) is 6.10 Å². The standard InChI is InChI=1S/C19H16N2O/c1-22-19(14-8-3-2-4-9-14)18-17-12-7-13-21(17)16-11-6-5-10-15(16)20-18/h2-13,19H,1H3. The Morgan fingerprint density at radius 3 is 2.41 bits per heavy atom. The van der Waals surface area contributed by atoms with Gasteiger partial charge in [0.15, 0.2) is 0 Å². The van der Waals surface area contributed by atoms with Gasteiger partial charge >= 0.3 is 0 Å². The summed E-state index contributed by atoms with van der Waals surface area (Å²) in [5.74, 6) is 0. The zero-order chi connectivity index (χ0) is 14.9. The van der Waals surface area contributed by atoms with Gasteiger partial charge in [0.05, 0.1) is 22.2 Å². The van der Waals surface area contributed by atoms with Crippen LogP contribution in [-0.4, -0.2) is 16.5 Å². The van der Waals surface area contributed by atoms with Crippen LogP contribution in [0.3, 0.4) is 0 Å². The van der Waals surface area contributed by atoms with Crippen LogP contribution in [-0.2, 0) is 4.74 Å². The van der Waals surface area contributed by atoms with E-state index in [2.05, 4.69) is 34.9 Å². The molecule has 3 nitrogen and oxygen atoms in total. The molecule has 0 bridgehead atoms. The Labute approximate surface area is 128 Å². The second-order valence-electron chi connectivity index (χ2n) is 5.28. The molecule has 0 fully saturated rings. The number of nitrogens with zero attached hydrogens (tertiary/aromatic N) is 2. The van der Waals surface area contributed by atoms with Gasteiger partial charge < -0.3 is 9.14 Å². The zero-order valence-corrected chi connectivity index (χ0v) is 12.3. The lowest BCUT2D eigenvalue weighted by molar-refractivity contribution is 0.134. The van der Waals surface area contributed by atoms with Crippen LogP contribution in [0.4, 0.5) is 0 Å². The Balaban J connectivity index is 2.01. The topological polar surface area (TPSA) is 26.5 Å². The van der Waals surface area contributed by atoms with Gasteiger partial charge in [-0.15, -0.1) is 0 Å². The summed E-state index contributed by atoms with van der Waals surface area (Å²) in [6.07, 6.45) is 1.89. The van der Waals surface area contributed by atoms with E-state index in [0.717, 1.165) is 27.8 Å². The van der Waals surface area contributed by atoms with Crippen LogP contribution in [0.2, 0.25) is 0 Å². The predicted octanol–water partition coefficient (Wildman–Crippen LogP) is 4.22. The van der Waals surface area contributed by atoms with E-state index in [0.29, 0.717) is 0 Å². The maximum atomic E-state index is 5.77. The first-order valence-corrected chi connectivity index (χ1v) is 7.32. The molecular formula is C19H16N2O. The molecule has 1 unspecified atom stereocenters. The molecule has 108 valence electrons. The lowest BCUT2D eigenvalue weighted by Gasteiger charge is -2.18. The molecule has 0 amide bonds. The van der Waals surface area contributed by atoms with E-state index >= 15 is 0 Å². The third kappa shape index (κ3) is 1.98. The summed E-state index contributed by atoms with van der Waals surface area (Å²) in [5, 5.41) is 0. The van der Waals surface area contributed by atoms with Gasteiger partial charge in [-0.2, -0.15) is 0 Å². The van der Waals surface area contributed by atoms with Crippen LogP contribution in [0.15, 0.2) is 72.9 Å². The van der Waals surface area contributed by atoms with Crippen LogP contribution in [0.5, 0.6) is 0 Å². The van der Waals surface area contributed by atoms with Gasteiger partial charge in [0.2, 0.25) is 0 Å². The molecule has 0 aliphatic rings. The minimum absolute atomic E-state index is 0.178. The molecule has 0 saturated carbocycles. The Kier molecular flexibility index (Phi) is 3.13. The van der Waals surface area contributed by atoms with Crippen LogP contribution >= 0.6 is 0 Å². The minimum atomic E-state index is -0.178. The quantitative estimate of drug-likeness (QED) is 0.564. The highest BCUT2D eigenvalue weighted by atomic mass is 16.5. The monoisotopic (exact) mass is 288 g/mol. The molecule has 0 aliphatic carbocycles. The Hall–Kier alpha value is -2.65. The molecule has 0 aliphatic heterocycles. The van der Waals surface area contributed by atoms with Crippen molar-refractivity contribution in [2.75, 3.05) is 7.11 Å². The number of fused-ring (bicyclic) bond motifs is 3. The summed E-state index contributed by atoms with van der Waals surface area (Å²) in [5.41, 5.74) is 5.20. The molecule has 2 aromatic carbocycles. The van der Waals surface area contributed by atoms with Gasteiger partial charge in [-0.1, -0.05) is 42.5 Å². The van der Waals surface area contributed by atoms with Gasteiger partial charge in [0.1, 0.15) is 6.10 Å². The average Bonchev–Trinajstić information content (AvgIpc) is 3.07. The van der Waals surface area contributed by atoms with Crippen molar-refractivity contribution in [1.82, 2.24) is 9.38 Å². The zero-order valence-electron chi connectivity index (χ0n) is 12.3. The third-order valence-electron chi connectivity index (χ3n) is 3.98. The van der Waals surface area contributed by atoms with Gasteiger partial charge in [-0.25, -0.2) is 4.98 Å². The van der Waals surface area contributed by atoms with E-state index in [1.165, 1.54) is 0 Å². The van der Waals surface area contributed by atoms with E-state index in [9.17, 15) is 0 Å². The van der Waals surface area contributed by atoms with Gasteiger partial charge in [-0.3, -0.25) is 0 Å². The first-order valence-electron chi connectivity index (χ1n) is 7.32. The second-order valence-corrected chi connectivity index (χ2v) is 5.28. The molecular weight excluding hydrogens is 272 g/mol. The van der Waals surface area contributed by atoms with Crippen LogP contribution in [0.25, 0.3) is 16.6 Å². The van der Waals surface area contributed by atoms with Gasteiger partial charge in [0.25, 0.3) is 0 Å². The number of ether oxygens (including phenoxy) is 1. The van der Waals surface area contributed by atoms with Crippen LogP contribution in [0.1, 0.15) is 17.4 Å². The fourth-order valence-corrected chi connectivity index (χ4v) is 2.98. The SMILES string of the molecule is COC(c1ccccc1)c1nc2ccccc2n2cccc12. The Morgan fingerprint density at radius 1 is 0.864 bits per heavy atom. The molecule has 1 atom stereocenters. The van der Waals surface area contributed by atoms with Gasteiger partial charge in [0, 0.05) is 13.3 Å². The first-order chi connectivity index (χ1) is 10.9.